The largest absolute Gasteiger partial charge is 0.423 e. The number of benzene rings is 1. The van der Waals surface area contributed by atoms with E-state index >= 15 is 0 Å². The molecule has 0 unspecified atom stereocenters. The van der Waals surface area contributed by atoms with E-state index < -0.39 is 0 Å². The second kappa shape index (κ2) is 3.73. The van der Waals surface area contributed by atoms with Crippen molar-refractivity contribution >= 4 is 6.01 Å². The van der Waals surface area contributed by atoms with E-state index in [1.165, 1.54) is 6.07 Å². The third-order valence-electron chi connectivity index (χ3n) is 2.17. The third kappa shape index (κ3) is 1.70. The number of nitrogens with zero attached hydrogens (tertiary/aromatic N) is 1. The quantitative estimate of drug-likeness (QED) is 0.821. The van der Waals surface area contributed by atoms with E-state index in [0.717, 1.165) is 0 Å². The SMILES string of the molecule is CCc1nc(N)oc1-c1ccccc1F. The Labute approximate surface area is 86.7 Å². The molecule has 0 amide bonds. The van der Waals surface area contributed by atoms with Crippen LogP contribution >= 0.6 is 0 Å². The lowest BCUT2D eigenvalue weighted by molar-refractivity contribution is 0.578. The maximum Gasteiger partial charge on any atom is 0.292 e. The van der Waals surface area contributed by atoms with Gasteiger partial charge in [0.15, 0.2) is 5.76 Å². The molecule has 1 aromatic carbocycles. The molecule has 2 N–H and O–H groups in total. The van der Waals surface area contributed by atoms with Crippen LogP contribution in [-0.4, -0.2) is 4.98 Å². The summed E-state index contributed by atoms with van der Waals surface area (Å²) in [5.74, 6) is 0.0939. The summed E-state index contributed by atoms with van der Waals surface area (Å²) in [6, 6.07) is 6.48. The lowest BCUT2D eigenvalue weighted by atomic mass is 10.1. The van der Waals surface area contributed by atoms with E-state index in [9.17, 15) is 4.39 Å². The van der Waals surface area contributed by atoms with E-state index in [1.807, 2.05) is 6.92 Å². The number of hydrogen-bond acceptors (Lipinski definition) is 3. The lowest BCUT2D eigenvalue weighted by Crippen LogP contribution is -1.88. The first kappa shape index (κ1) is 9.71. The molecule has 0 bridgehead atoms. The number of oxazole rings is 1. The Balaban J connectivity index is 2.58. The first-order valence-electron chi connectivity index (χ1n) is 4.72. The summed E-state index contributed by atoms with van der Waals surface area (Å²) in [6.07, 6.45) is 0.657. The van der Waals surface area contributed by atoms with Crippen LogP contribution in [0.4, 0.5) is 10.4 Å². The molecule has 0 radical (unpaired) electrons. The Hall–Kier alpha value is -1.84. The molecular weight excluding hydrogens is 195 g/mol. The average Bonchev–Trinajstić information content (AvgIpc) is 2.60. The molecule has 0 fully saturated rings. The molecule has 3 nitrogen and oxygen atoms in total. The smallest absolute Gasteiger partial charge is 0.292 e. The summed E-state index contributed by atoms with van der Waals surface area (Å²) in [5.41, 5.74) is 6.52. The van der Waals surface area contributed by atoms with Crippen LogP contribution in [0.2, 0.25) is 0 Å². The Kier molecular flexibility index (Phi) is 2.41. The number of nitrogens with two attached hydrogens (primary N) is 1. The van der Waals surface area contributed by atoms with Gasteiger partial charge >= 0.3 is 0 Å². The van der Waals surface area contributed by atoms with Crippen LogP contribution in [0.1, 0.15) is 12.6 Å². The van der Waals surface area contributed by atoms with Crippen molar-refractivity contribution in [3.63, 3.8) is 0 Å². The fourth-order valence-corrected chi connectivity index (χ4v) is 1.47. The Bertz CT molecular complexity index is 479. The topological polar surface area (TPSA) is 52.0 Å². The normalized spacial score (nSPS) is 10.5. The van der Waals surface area contributed by atoms with Crippen molar-refractivity contribution < 1.29 is 8.81 Å². The van der Waals surface area contributed by atoms with Crippen LogP contribution in [0, 0.1) is 5.82 Å². The van der Waals surface area contributed by atoms with Crippen molar-refractivity contribution in [2.75, 3.05) is 5.73 Å². The van der Waals surface area contributed by atoms with Crippen molar-refractivity contribution in [3.05, 3.63) is 35.8 Å². The summed E-state index contributed by atoms with van der Waals surface area (Å²) in [5, 5.41) is 0. The van der Waals surface area contributed by atoms with Gasteiger partial charge in [0.1, 0.15) is 5.82 Å². The minimum atomic E-state index is -0.330. The van der Waals surface area contributed by atoms with Gasteiger partial charge in [-0.15, -0.1) is 0 Å². The van der Waals surface area contributed by atoms with Crippen molar-refractivity contribution in [2.45, 2.75) is 13.3 Å². The van der Waals surface area contributed by atoms with Crippen LogP contribution in [-0.2, 0) is 6.42 Å². The van der Waals surface area contributed by atoms with Gasteiger partial charge in [-0.25, -0.2) is 4.39 Å². The number of hydrogen-bond donors (Lipinski definition) is 1. The number of nitrogen functional groups attached to an aromatic ring is 1. The highest BCUT2D eigenvalue weighted by Crippen LogP contribution is 2.28. The highest BCUT2D eigenvalue weighted by molar-refractivity contribution is 5.61. The summed E-state index contributed by atoms with van der Waals surface area (Å²) in [4.78, 5) is 3.99. The monoisotopic (exact) mass is 206 g/mol. The number of halogens is 1. The van der Waals surface area contributed by atoms with E-state index in [0.29, 0.717) is 23.4 Å². The summed E-state index contributed by atoms with van der Waals surface area (Å²) in [7, 11) is 0. The molecule has 0 spiro atoms. The van der Waals surface area contributed by atoms with Gasteiger partial charge in [0.05, 0.1) is 11.3 Å². The highest BCUT2D eigenvalue weighted by atomic mass is 19.1. The zero-order valence-corrected chi connectivity index (χ0v) is 8.33. The van der Waals surface area contributed by atoms with Crippen LogP contribution < -0.4 is 5.73 Å². The van der Waals surface area contributed by atoms with E-state index in [2.05, 4.69) is 4.98 Å². The second-order valence-corrected chi connectivity index (χ2v) is 3.16. The van der Waals surface area contributed by atoms with Crippen molar-refractivity contribution in [1.29, 1.82) is 0 Å². The molecule has 78 valence electrons. The molecule has 0 aliphatic heterocycles. The molecule has 4 heteroatoms. The number of rotatable bonds is 2. The van der Waals surface area contributed by atoms with Gasteiger partial charge in [-0.05, 0) is 18.6 Å². The predicted octanol–water partition coefficient (Wildman–Crippen LogP) is 2.63. The molecule has 0 aliphatic rings. The van der Waals surface area contributed by atoms with Gasteiger partial charge < -0.3 is 10.2 Å². The standard InChI is InChI=1S/C11H11FN2O/c1-2-9-10(15-11(13)14-9)7-5-3-4-6-8(7)12/h3-6H,2H2,1H3,(H2,13,14). The minimum Gasteiger partial charge on any atom is -0.423 e. The maximum atomic E-state index is 13.5. The van der Waals surface area contributed by atoms with E-state index in [-0.39, 0.29) is 11.8 Å². The molecule has 1 aromatic heterocycles. The molecule has 0 saturated heterocycles. The second-order valence-electron chi connectivity index (χ2n) is 3.16. The van der Waals surface area contributed by atoms with Gasteiger partial charge in [0.25, 0.3) is 6.01 Å². The molecule has 0 atom stereocenters. The molecule has 15 heavy (non-hydrogen) atoms. The maximum absolute atomic E-state index is 13.5. The van der Waals surface area contributed by atoms with Gasteiger partial charge in [-0.2, -0.15) is 4.98 Å². The summed E-state index contributed by atoms with van der Waals surface area (Å²) < 4.78 is 18.7. The Morgan fingerprint density at radius 1 is 1.40 bits per heavy atom. The first-order chi connectivity index (χ1) is 7.22. The van der Waals surface area contributed by atoms with Gasteiger partial charge in [0, 0.05) is 0 Å². The zero-order valence-electron chi connectivity index (χ0n) is 8.33. The summed E-state index contributed by atoms with van der Waals surface area (Å²) >= 11 is 0. The fraction of sp³-hybridized carbons (Fsp3) is 0.182. The Morgan fingerprint density at radius 2 is 2.13 bits per heavy atom. The Morgan fingerprint density at radius 3 is 2.80 bits per heavy atom. The number of aryl methyl sites for hydroxylation is 1. The zero-order chi connectivity index (χ0) is 10.8. The minimum absolute atomic E-state index is 0.0742. The van der Waals surface area contributed by atoms with Crippen LogP contribution in [0.25, 0.3) is 11.3 Å². The van der Waals surface area contributed by atoms with Gasteiger partial charge in [0.2, 0.25) is 0 Å². The molecule has 0 saturated carbocycles. The van der Waals surface area contributed by atoms with Gasteiger partial charge in [-0.1, -0.05) is 19.1 Å². The van der Waals surface area contributed by atoms with Crippen molar-refractivity contribution in [3.8, 4) is 11.3 Å². The van der Waals surface area contributed by atoms with Gasteiger partial charge in [-0.3, -0.25) is 0 Å². The molecule has 2 aromatic rings. The van der Waals surface area contributed by atoms with E-state index in [4.69, 9.17) is 10.2 Å². The van der Waals surface area contributed by atoms with E-state index in [1.54, 1.807) is 18.2 Å². The molecular formula is C11H11FN2O. The van der Waals surface area contributed by atoms with Crippen molar-refractivity contribution in [1.82, 2.24) is 4.98 Å². The third-order valence-corrected chi connectivity index (χ3v) is 2.17. The lowest BCUT2D eigenvalue weighted by Gasteiger charge is -1.99. The molecule has 2 rings (SSSR count). The predicted molar refractivity (Wildman–Crippen MR) is 55.7 cm³/mol. The summed E-state index contributed by atoms with van der Waals surface area (Å²) in [6.45, 7) is 1.92. The average molecular weight is 206 g/mol. The first-order valence-corrected chi connectivity index (χ1v) is 4.72. The van der Waals surface area contributed by atoms with Crippen LogP contribution in [0.5, 0.6) is 0 Å². The molecule has 1 heterocycles. The van der Waals surface area contributed by atoms with Crippen LogP contribution in [0.3, 0.4) is 0 Å². The van der Waals surface area contributed by atoms with Crippen molar-refractivity contribution in [2.24, 2.45) is 0 Å². The highest BCUT2D eigenvalue weighted by Gasteiger charge is 2.14. The molecule has 0 aliphatic carbocycles. The number of anilines is 1. The van der Waals surface area contributed by atoms with Crippen LogP contribution in [0.15, 0.2) is 28.7 Å². The number of aromatic nitrogens is 1. The fourth-order valence-electron chi connectivity index (χ4n) is 1.47.